The van der Waals surface area contributed by atoms with Crippen LogP contribution in [-0.2, 0) is 24.1 Å². The molecular formula is C21H21ClN2O2. The van der Waals surface area contributed by atoms with Gasteiger partial charge in [-0.1, -0.05) is 30.3 Å². The summed E-state index contributed by atoms with van der Waals surface area (Å²) in [5.74, 6) is -0.238. The van der Waals surface area contributed by atoms with E-state index < -0.39 is 0 Å². The third-order valence-electron chi connectivity index (χ3n) is 5.72. The Hall–Kier alpha value is -2.30. The first-order chi connectivity index (χ1) is 12.3. The van der Waals surface area contributed by atoms with Crippen molar-refractivity contribution in [3.63, 3.8) is 0 Å². The number of nitrogens with zero attached hydrogens (tertiary/aromatic N) is 1. The molecule has 1 N–H and O–H groups in total. The Morgan fingerprint density at radius 1 is 1.15 bits per heavy atom. The van der Waals surface area contributed by atoms with Gasteiger partial charge in [-0.2, -0.15) is 0 Å². The normalized spacial score (nSPS) is 18.4. The summed E-state index contributed by atoms with van der Waals surface area (Å²) < 4.78 is 5.00. The van der Waals surface area contributed by atoms with Crippen molar-refractivity contribution in [3.05, 3.63) is 70.4 Å². The molecule has 0 fully saturated rings. The molecule has 0 saturated carbocycles. The lowest BCUT2D eigenvalue weighted by atomic mass is 9.85. The minimum Gasteiger partial charge on any atom is -0.465 e. The number of para-hydroxylation sites is 1. The van der Waals surface area contributed by atoms with Crippen LogP contribution in [0.1, 0.15) is 38.8 Å². The third kappa shape index (κ3) is 2.44. The van der Waals surface area contributed by atoms with E-state index in [1.54, 1.807) is 0 Å². The summed E-state index contributed by atoms with van der Waals surface area (Å²) in [5.41, 5.74) is 7.07. The number of hydrogen-bond acceptors (Lipinski definition) is 3. The number of nitrogens with one attached hydrogen (secondary N) is 1. The van der Waals surface area contributed by atoms with E-state index in [0.717, 1.165) is 31.5 Å². The van der Waals surface area contributed by atoms with Gasteiger partial charge in [0.15, 0.2) is 0 Å². The summed E-state index contributed by atoms with van der Waals surface area (Å²) in [4.78, 5) is 18.4. The fraction of sp³-hybridized carbons (Fsp3) is 0.286. The van der Waals surface area contributed by atoms with Crippen molar-refractivity contribution < 1.29 is 9.53 Å². The summed E-state index contributed by atoms with van der Waals surface area (Å²) in [6, 6.07) is 14.8. The van der Waals surface area contributed by atoms with Crippen LogP contribution in [0.5, 0.6) is 0 Å². The number of halogens is 1. The second kappa shape index (κ2) is 6.45. The largest absolute Gasteiger partial charge is 0.465 e. The van der Waals surface area contributed by atoms with Crippen LogP contribution < -0.4 is 0 Å². The first-order valence-corrected chi connectivity index (χ1v) is 8.79. The molecule has 0 spiro atoms. The Kier molecular flexibility index (Phi) is 4.25. The highest BCUT2D eigenvalue weighted by molar-refractivity contribution is 5.91. The number of H-pyrrole nitrogens is 1. The smallest absolute Gasteiger partial charge is 0.338 e. The zero-order valence-electron chi connectivity index (χ0n) is 14.6. The molecule has 3 heterocycles. The molecule has 1 atom stereocenters. The van der Waals surface area contributed by atoms with Crippen LogP contribution in [0.2, 0.25) is 0 Å². The molecular weight excluding hydrogens is 348 g/mol. The van der Waals surface area contributed by atoms with E-state index in [-0.39, 0.29) is 18.4 Å². The Morgan fingerprint density at radius 2 is 2.00 bits per heavy atom. The molecule has 2 aromatic carbocycles. The number of ether oxygens (including phenoxy) is 1. The van der Waals surface area contributed by atoms with Gasteiger partial charge in [0.05, 0.1) is 18.7 Å². The fourth-order valence-corrected chi connectivity index (χ4v) is 4.53. The third-order valence-corrected chi connectivity index (χ3v) is 5.72. The summed E-state index contributed by atoms with van der Waals surface area (Å²) in [6.07, 6.45) is 1.92. The summed E-state index contributed by atoms with van der Waals surface area (Å²) in [7, 11) is 1.45. The topological polar surface area (TPSA) is 45.3 Å². The monoisotopic (exact) mass is 368 g/mol. The van der Waals surface area contributed by atoms with Crippen molar-refractivity contribution in [1.82, 2.24) is 9.88 Å². The quantitative estimate of drug-likeness (QED) is 0.659. The maximum absolute atomic E-state index is 12.2. The second-order valence-electron chi connectivity index (χ2n) is 6.94. The van der Waals surface area contributed by atoms with E-state index >= 15 is 0 Å². The van der Waals surface area contributed by atoms with E-state index in [4.69, 9.17) is 4.74 Å². The molecule has 0 saturated heterocycles. The minimum absolute atomic E-state index is 0. The van der Waals surface area contributed by atoms with Gasteiger partial charge < -0.3 is 9.72 Å². The van der Waals surface area contributed by atoms with E-state index in [2.05, 4.69) is 40.2 Å². The number of hydrogen-bond donors (Lipinski definition) is 1. The Balaban J connectivity index is 0.00000168. The lowest BCUT2D eigenvalue weighted by Gasteiger charge is -2.40. The molecule has 1 aromatic heterocycles. The molecule has 26 heavy (non-hydrogen) atoms. The van der Waals surface area contributed by atoms with Gasteiger partial charge in [-0.05, 0) is 41.7 Å². The van der Waals surface area contributed by atoms with Gasteiger partial charge in [0.1, 0.15) is 0 Å². The van der Waals surface area contributed by atoms with Gasteiger partial charge in [0.2, 0.25) is 0 Å². The van der Waals surface area contributed by atoms with Crippen LogP contribution in [0.3, 0.4) is 0 Å². The number of aromatic nitrogens is 1. The van der Waals surface area contributed by atoms with E-state index in [0.29, 0.717) is 11.6 Å². The van der Waals surface area contributed by atoms with Gasteiger partial charge in [-0.25, -0.2) is 4.79 Å². The van der Waals surface area contributed by atoms with Gasteiger partial charge in [0.25, 0.3) is 0 Å². The van der Waals surface area contributed by atoms with Crippen LogP contribution in [0, 0.1) is 0 Å². The number of rotatable bonds is 1. The first kappa shape index (κ1) is 17.1. The molecule has 5 rings (SSSR count). The van der Waals surface area contributed by atoms with Crippen molar-refractivity contribution in [2.45, 2.75) is 25.4 Å². The Morgan fingerprint density at radius 3 is 2.85 bits per heavy atom. The lowest BCUT2D eigenvalue weighted by molar-refractivity contribution is 0.0596. The zero-order valence-corrected chi connectivity index (χ0v) is 15.4. The van der Waals surface area contributed by atoms with Crippen LogP contribution in [0.25, 0.3) is 10.9 Å². The number of methoxy groups -OCH3 is 1. The number of carbonyl (C=O) groups excluding carboxylic acids is 1. The lowest BCUT2D eigenvalue weighted by Crippen LogP contribution is -2.39. The number of fused-ring (bicyclic) bond motifs is 6. The van der Waals surface area contributed by atoms with Gasteiger partial charge in [-0.15, -0.1) is 12.4 Å². The molecule has 2 aliphatic rings. The summed E-state index contributed by atoms with van der Waals surface area (Å²) >= 11 is 0. The molecule has 0 bridgehead atoms. The van der Waals surface area contributed by atoms with Crippen LogP contribution >= 0.6 is 12.4 Å². The maximum atomic E-state index is 12.2. The van der Waals surface area contributed by atoms with E-state index in [9.17, 15) is 4.79 Å². The zero-order chi connectivity index (χ0) is 17.0. The predicted molar refractivity (Wildman–Crippen MR) is 104 cm³/mol. The highest BCUT2D eigenvalue weighted by Gasteiger charge is 2.35. The van der Waals surface area contributed by atoms with Crippen LogP contribution in [-0.4, -0.2) is 29.5 Å². The number of esters is 1. The molecule has 2 aliphatic heterocycles. The van der Waals surface area contributed by atoms with Crippen molar-refractivity contribution in [2.24, 2.45) is 0 Å². The molecule has 0 aliphatic carbocycles. The number of benzene rings is 2. The molecule has 1 unspecified atom stereocenters. The number of aromatic amines is 1. The highest BCUT2D eigenvalue weighted by Crippen LogP contribution is 2.41. The predicted octanol–water partition coefficient (Wildman–Crippen LogP) is 4.03. The van der Waals surface area contributed by atoms with E-state index in [1.165, 1.54) is 34.8 Å². The molecule has 0 amide bonds. The Bertz CT molecular complexity index is 995. The van der Waals surface area contributed by atoms with Gasteiger partial charge in [0, 0.05) is 29.7 Å². The molecule has 4 nitrogen and oxygen atoms in total. The minimum atomic E-state index is -0.238. The molecule has 5 heteroatoms. The number of carbonyl (C=O) groups is 1. The van der Waals surface area contributed by atoms with Crippen molar-refractivity contribution in [3.8, 4) is 0 Å². The fourth-order valence-electron chi connectivity index (χ4n) is 4.53. The van der Waals surface area contributed by atoms with Crippen LogP contribution in [0.4, 0.5) is 0 Å². The van der Waals surface area contributed by atoms with Crippen molar-refractivity contribution in [1.29, 1.82) is 0 Å². The highest BCUT2D eigenvalue weighted by atomic mass is 35.5. The summed E-state index contributed by atoms with van der Waals surface area (Å²) in [5, 5.41) is 1.34. The molecule has 3 aromatic rings. The summed E-state index contributed by atoms with van der Waals surface area (Å²) in [6.45, 7) is 1.95. The Labute approximate surface area is 158 Å². The van der Waals surface area contributed by atoms with Gasteiger partial charge >= 0.3 is 5.97 Å². The second-order valence-corrected chi connectivity index (χ2v) is 6.94. The SMILES string of the molecule is COC(=O)c1cccc2c1CC1c3[nH]c4ccccc4c3CCN1C2.Cl. The van der Waals surface area contributed by atoms with Crippen molar-refractivity contribution in [2.75, 3.05) is 13.7 Å². The van der Waals surface area contributed by atoms with Crippen LogP contribution in [0.15, 0.2) is 42.5 Å². The first-order valence-electron chi connectivity index (χ1n) is 8.79. The average Bonchev–Trinajstić information content (AvgIpc) is 3.04. The molecule has 0 radical (unpaired) electrons. The van der Waals surface area contributed by atoms with Gasteiger partial charge in [-0.3, -0.25) is 4.90 Å². The van der Waals surface area contributed by atoms with E-state index in [1.807, 2.05) is 12.1 Å². The standard InChI is InChI=1S/C21H20N2O2.ClH/c1-25-21(24)16-7-4-5-13-12-23-10-9-15-14-6-2-3-8-18(14)22-20(15)19(23)11-17(13)16;/h2-8,19,22H,9-12H2,1H3;1H. The average molecular weight is 369 g/mol. The molecule has 134 valence electrons. The van der Waals surface area contributed by atoms with Crippen molar-refractivity contribution >= 4 is 29.3 Å². The maximum Gasteiger partial charge on any atom is 0.338 e.